The predicted molar refractivity (Wildman–Crippen MR) is 88.8 cm³/mol. The lowest BCUT2D eigenvalue weighted by atomic mass is 9.93. The van der Waals surface area contributed by atoms with Crippen molar-refractivity contribution >= 4 is 11.7 Å². The number of amides is 2. The van der Waals surface area contributed by atoms with Gasteiger partial charge in [-0.25, -0.2) is 4.79 Å². The Balaban J connectivity index is 1.82. The Morgan fingerprint density at radius 1 is 1.22 bits per heavy atom. The van der Waals surface area contributed by atoms with Gasteiger partial charge in [0.25, 0.3) is 0 Å². The molecule has 0 heterocycles. The van der Waals surface area contributed by atoms with E-state index in [1.54, 1.807) is 7.11 Å². The molecule has 0 aliphatic heterocycles. The number of nitrogens with one attached hydrogen (secondary N) is 2. The van der Waals surface area contributed by atoms with Crippen LogP contribution in [0.4, 0.5) is 10.5 Å². The Morgan fingerprint density at radius 2 is 1.96 bits per heavy atom. The van der Waals surface area contributed by atoms with Crippen molar-refractivity contribution in [2.24, 2.45) is 0 Å². The van der Waals surface area contributed by atoms with Crippen LogP contribution in [-0.4, -0.2) is 43.6 Å². The first kappa shape index (κ1) is 17.6. The highest BCUT2D eigenvalue weighted by Crippen LogP contribution is 2.24. The van der Waals surface area contributed by atoms with Gasteiger partial charge in [-0.3, -0.25) is 0 Å². The molecule has 0 saturated heterocycles. The molecule has 0 atom stereocenters. The number of carbonyl (C=O) groups excluding carboxylic acids is 1. The Hall–Kier alpha value is -1.79. The number of methoxy groups -OCH3 is 1. The topological polar surface area (TPSA) is 79.8 Å². The molecule has 0 radical (unpaired) electrons. The van der Waals surface area contributed by atoms with Gasteiger partial charge in [-0.2, -0.15) is 0 Å². The van der Waals surface area contributed by atoms with Gasteiger partial charge in [0.05, 0.1) is 18.4 Å². The fourth-order valence-corrected chi connectivity index (χ4v) is 2.65. The third kappa shape index (κ3) is 6.08. The van der Waals surface area contributed by atoms with E-state index in [-0.39, 0.29) is 18.2 Å². The molecule has 6 heteroatoms. The van der Waals surface area contributed by atoms with Crippen molar-refractivity contribution in [2.75, 3.05) is 25.6 Å². The summed E-state index contributed by atoms with van der Waals surface area (Å²) >= 11 is 0. The number of ether oxygens (including phenoxy) is 2. The lowest BCUT2D eigenvalue weighted by Crippen LogP contribution is -2.40. The first-order chi connectivity index (χ1) is 11.2. The number of hydrogen-bond donors (Lipinski definition) is 3. The first-order valence-corrected chi connectivity index (χ1v) is 8.15. The van der Waals surface area contributed by atoms with Crippen LogP contribution in [0.25, 0.3) is 0 Å². The van der Waals surface area contributed by atoms with Crippen LogP contribution >= 0.6 is 0 Å². The van der Waals surface area contributed by atoms with E-state index in [1.165, 1.54) is 0 Å². The summed E-state index contributed by atoms with van der Waals surface area (Å²) in [5.41, 5.74) is 0.651. The molecule has 23 heavy (non-hydrogen) atoms. The minimum atomic E-state index is -0.237. The van der Waals surface area contributed by atoms with E-state index in [9.17, 15) is 9.90 Å². The highest BCUT2D eigenvalue weighted by atomic mass is 16.5. The third-order valence-electron chi connectivity index (χ3n) is 3.92. The van der Waals surface area contributed by atoms with E-state index in [0.29, 0.717) is 24.7 Å². The molecule has 128 valence electrons. The number of rotatable bonds is 7. The van der Waals surface area contributed by atoms with Crippen LogP contribution < -0.4 is 15.4 Å². The zero-order valence-corrected chi connectivity index (χ0v) is 13.6. The number of aliphatic hydroxyl groups is 1. The van der Waals surface area contributed by atoms with Crippen LogP contribution in [0.2, 0.25) is 0 Å². The van der Waals surface area contributed by atoms with Crippen molar-refractivity contribution in [1.29, 1.82) is 0 Å². The van der Waals surface area contributed by atoms with Crippen molar-refractivity contribution in [3.05, 3.63) is 24.3 Å². The van der Waals surface area contributed by atoms with E-state index in [0.717, 1.165) is 32.1 Å². The van der Waals surface area contributed by atoms with Crippen LogP contribution in [0.5, 0.6) is 5.75 Å². The summed E-state index contributed by atoms with van der Waals surface area (Å²) < 4.78 is 10.7. The van der Waals surface area contributed by atoms with Crippen LogP contribution in [0, 0.1) is 0 Å². The van der Waals surface area contributed by atoms with Crippen molar-refractivity contribution in [3.8, 4) is 5.75 Å². The zero-order chi connectivity index (χ0) is 16.5. The van der Waals surface area contributed by atoms with Gasteiger partial charge in [0, 0.05) is 26.2 Å². The van der Waals surface area contributed by atoms with E-state index >= 15 is 0 Å². The first-order valence-electron chi connectivity index (χ1n) is 8.15. The zero-order valence-electron chi connectivity index (χ0n) is 13.6. The monoisotopic (exact) mass is 322 g/mol. The van der Waals surface area contributed by atoms with Crippen molar-refractivity contribution in [3.63, 3.8) is 0 Å². The second-order valence-corrected chi connectivity index (χ2v) is 5.79. The molecule has 1 aliphatic carbocycles. The molecule has 1 aromatic rings. The standard InChI is InChI=1S/C17H26N2O4/c1-22-11-4-12-23-16-6-3-2-5-15(16)19-17(21)18-13-7-9-14(20)10-8-13/h2-3,5-6,13-14,20H,4,7-12H2,1H3,(H2,18,19,21). The maximum absolute atomic E-state index is 12.1. The van der Waals surface area contributed by atoms with E-state index in [2.05, 4.69) is 10.6 Å². The summed E-state index contributed by atoms with van der Waals surface area (Å²) in [5, 5.41) is 15.3. The summed E-state index contributed by atoms with van der Waals surface area (Å²) in [7, 11) is 1.66. The average molecular weight is 322 g/mol. The van der Waals surface area contributed by atoms with Gasteiger partial charge < -0.3 is 25.2 Å². The number of aliphatic hydroxyl groups excluding tert-OH is 1. The van der Waals surface area contributed by atoms with E-state index in [4.69, 9.17) is 9.47 Å². The molecule has 0 aromatic heterocycles. The van der Waals surface area contributed by atoms with Crippen molar-refractivity contribution in [1.82, 2.24) is 5.32 Å². The Bertz CT molecular complexity index is 487. The summed E-state index contributed by atoms with van der Waals surface area (Å²) in [6.45, 7) is 1.18. The smallest absolute Gasteiger partial charge is 0.319 e. The number of hydrogen-bond acceptors (Lipinski definition) is 4. The van der Waals surface area contributed by atoms with Gasteiger partial charge in [-0.15, -0.1) is 0 Å². The number of anilines is 1. The molecule has 2 rings (SSSR count). The summed E-state index contributed by atoms with van der Waals surface area (Å²) in [6, 6.07) is 7.26. The number of para-hydroxylation sites is 2. The van der Waals surface area contributed by atoms with Crippen LogP contribution in [0.3, 0.4) is 0 Å². The highest BCUT2D eigenvalue weighted by Gasteiger charge is 2.21. The normalized spacial score (nSPS) is 20.8. The number of benzene rings is 1. The molecule has 6 nitrogen and oxygen atoms in total. The second-order valence-electron chi connectivity index (χ2n) is 5.79. The van der Waals surface area contributed by atoms with E-state index in [1.807, 2.05) is 24.3 Å². The predicted octanol–water partition coefficient (Wildman–Crippen LogP) is 2.53. The molecule has 2 amide bonds. The lowest BCUT2D eigenvalue weighted by Gasteiger charge is -2.26. The van der Waals surface area contributed by atoms with E-state index < -0.39 is 0 Å². The van der Waals surface area contributed by atoms with Crippen LogP contribution in [-0.2, 0) is 4.74 Å². The molecule has 0 bridgehead atoms. The fraction of sp³-hybridized carbons (Fsp3) is 0.588. The third-order valence-corrected chi connectivity index (χ3v) is 3.92. The van der Waals surface area contributed by atoms with Gasteiger partial charge >= 0.3 is 6.03 Å². The minimum Gasteiger partial charge on any atom is -0.491 e. The molecule has 3 N–H and O–H groups in total. The molecular formula is C17H26N2O4. The van der Waals surface area contributed by atoms with Crippen molar-refractivity contribution in [2.45, 2.75) is 44.2 Å². The fourth-order valence-electron chi connectivity index (χ4n) is 2.65. The Morgan fingerprint density at radius 3 is 2.70 bits per heavy atom. The lowest BCUT2D eigenvalue weighted by molar-refractivity contribution is 0.118. The average Bonchev–Trinajstić information content (AvgIpc) is 2.55. The SMILES string of the molecule is COCCCOc1ccccc1NC(=O)NC1CCC(O)CC1. The molecule has 0 unspecified atom stereocenters. The van der Waals surface area contributed by atoms with Crippen LogP contribution in [0.1, 0.15) is 32.1 Å². The van der Waals surface area contributed by atoms with Crippen molar-refractivity contribution < 1.29 is 19.4 Å². The van der Waals surface area contributed by atoms with Gasteiger partial charge in [0.1, 0.15) is 5.75 Å². The highest BCUT2D eigenvalue weighted by molar-refractivity contribution is 5.91. The van der Waals surface area contributed by atoms with Gasteiger partial charge in [0.15, 0.2) is 0 Å². The molecule has 1 aromatic carbocycles. The number of carbonyl (C=O) groups is 1. The van der Waals surface area contributed by atoms with Gasteiger partial charge in [0.2, 0.25) is 0 Å². The molecule has 1 fully saturated rings. The summed E-state index contributed by atoms with van der Waals surface area (Å²) in [6.07, 6.45) is 3.67. The maximum Gasteiger partial charge on any atom is 0.319 e. The molecular weight excluding hydrogens is 296 g/mol. The molecule has 1 aliphatic rings. The molecule has 0 spiro atoms. The summed E-state index contributed by atoms with van der Waals surface area (Å²) in [4.78, 5) is 12.1. The largest absolute Gasteiger partial charge is 0.491 e. The quantitative estimate of drug-likeness (QED) is 0.674. The van der Waals surface area contributed by atoms with Crippen LogP contribution in [0.15, 0.2) is 24.3 Å². The van der Waals surface area contributed by atoms with Gasteiger partial charge in [-0.05, 0) is 37.8 Å². The minimum absolute atomic E-state index is 0.119. The Kier molecular flexibility index (Phi) is 7.16. The van der Waals surface area contributed by atoms with Gasteiger partial charge in [-0.1, -0.05) is 12.1 Å². The number of urea groups is 1. The maximum atomic E-state index is 12.1. The Labute approximate surface area is 137 Å². The second kappa shape index (κ2) is 9.37. The summed E-state index contributed by atoms with van der Waals surface area (Å²) in [5.74, 6) is 0.651. The molecule has 1 saturated carbocycles.